The Balaban J connectivity index is 3.53. The number of hydrogen-bond donors (Lipinski definition) is 2. The molecule has 0 fully saturated rings. The van der Waals surface area contributed by atoms with E-state index in [9.17, 15) is 5.11 Å². The molecule has 0 radical (unpaired) electrons. The lowest BCUT2D eigenvalue weighted by molar-refractivity contribution is 0.0965. The molecule has 0 aliphatic heterocycles. The van der Waals surface area contributed by atoms with E-state index in [4.69, 9.17) is 5.73 Å². The molecule has 0 saturated heterocycles. The van der Waals surface area contributed by atoms with Crippen LogP contribution in [0.25, 0.3) is 0 Å². The van der Waals surface area contributed by atoms with Gasteiger partial charge in [-0.1, -0.05) is 26.7 Å². The van der Waals surface area contributed by atoms with E-state index in [1.54, 1.807) is 0 Å². The van der Waals surface area contributed by atoms with Gasteiger partial charge in [0.15, 0.2) is 0 Å². The van der Waals surface area contributed by atoms with Crippen molar-refractivity contribution in [1.29, 1.82) is 0 Å². The summed E-state index contributed by atoms with van der Waals surface area (Å²) in [5, 5.41) is 9.43. The first kappa shape index (κ1) is 9.92. The minimum absolute atomic E-state index is 0.181. The van der Waals surface area contributed by atoms with Crippen LogP contribution in [-0.4, -0.2) is 17.8 Å². The fourth-order valence-electron chi connectivity index (χ4n) is 1.24. The fourth-order valence-corrected chi connectivity index (χ4v) is 1.24. The smallest absolute Gasteiger partial charge is 0.0580 e. The third-order valence-corrected chi connectivity index (χ3v) is 2.06. The standard InChI is InChI=1S/C8H19NO/c1-3-7(4-2)8(10)5-6-9/h7-8,10H,3-6,9H2,1-2H3. The molecule has 0 saturated carbocycles. The van der Waals surface area contributed by atoms with Crippen molar-refractivity contribution in [3.05, 3.63) is 0 Å². The summed E-state index contributed by atoms with van der Waals surface area (Å²) in [7, 11) is 0. The second-order valence-corrected chi connectivity index (χ2v) is 2.72. The molecule has 0 amide bonds. The van der Waals surface area contributed by atoms with Crippen molar-refractivity contribution in [2.75, 3.05) is 6.54 Å². The zero-order valence-corrected chi connectivity index (χ0v) is 7.01. The van der Waals surface area contributed by atoms with Crippen LogP contribution in [0.5, 0.6) is 0 Å². The Bertz CT molecular complexity index is 71.7. The van der Waals surface area contributed by atoms with Crippen LogP contribution in [0.4, 0.5) is 0 Å². The summed E-state index contributed by atoms with van der Waals surface area (Å²) in [6.07, 6.45) is 2.67. The highest BCUT2D eigenvalue weighted by Gasteiger charge is 2.13. The molecule has 62 valence electrons. The van der Waals surface area contributed by atoms with Gasteiger partial charge in [0.05, 0.1) is 6.10 Å². The van der Waals surface area contributed by atoms with Crippen molar-refractivity contribution in [2.24, 2.45) is 11.7 Å². The quantitative estimate of drug-likeness (QED) is 0.609. The number of hydrogen-bond acceptors (Lipinski definition) is 2. The summed E-state index contributed by atoms with van der Waals surface area (Å²) in [6.45, 7) is 4.81. The highest BCUT2D eigenvalue weighted by Crippen LogP contribution is 2.14. The summed E-state index contributed by atoms with van der Waals surface area (Å²) in [5.74, 6) is 0.448. The summed E-state index contributed by atoms with van der Waals surface area (Å²) in [6, 6.07) is 0. The highest BCUT2D eigenvalue weighted by atomic mass is 16.3. The van der Waals surface area contributed by atoms with Gasteiger partial charge in [0.25, 0.3) is 0 Å². The molecule has 10 heavy (non-hydrogen) atoms. The van der Waals surface area contributed by atoms with E-state index in [-0.39, 0.29) is 6.10 Å². The molecule has 0 heterocycles. The van der Waals surface area contributed by atoms with E-state index < -0.39 is 0 Å². The predicted molar refractivity (Wildman–Crippen MR) is 43.8 cm³/mol. The fraction of sp³-hybridized carbons (Fsp3) is 1.00. The van der Waals surface area contributed by atoms with E-state index in [2.05, 4.69) is 13.8 Å². The molecular formula is C8H19NO. The van der Waals surface area contributed by atoms with Crippen LogP contribution in [0.1, 0.15) is 33.1 Å². The first-order chi connectivity index (χ1) is 4.76. The molecule has 2 heteroatoms. The Labute approximate surface area is 63.4 Å². The molecule has 2 nitrogen and oxygen atoms in total. The maximum atomic E-state index is 9.43. The molecule has 0 aromatic carbocycles. The predicted octanol–water partition coefficient (Wildman–Crippen LogP) is 1.13. The van der Waals surface area contributed by atoms with Crippen molar-refractivity contribution >= 4 is 0 Å². The Morgan fingerprint density at radius 1 is 1.30 bits per heavy atom. The van der Waals surface area contributed by atoms with E-state index >= 15 is 0 Å². The molecule has 3 N–H and O–H groups in total. The third-order valence-electron chi connectivity index (χ3n) is 2.06. The van der Waals surface area contributed by atoms with Crippen LogP contribution in [0.15, 0.2) is 0 Å². The first-order valence-corrected chi connectivity index (χ1v) is 4.14. The third kappa shape index (κ3) is 3.18. The summed E-state index contributed by atoms with van der Waals surface area (Å²) in [5.41, 5.74) is 5.32. The van der Waals surface area contributed by atoms with E-state index in [0.717, 1.165) is 19.3 Å². The van der Waals surface area contributed by atoms with Crippen molar-refractivity contribution in [3.8, 4) is 0 Å². The molecule has 0 aliphatic carbocycles. The second kappa shape index (κ2) is 5.69. The SMILES string of the molecule is CCC(CC)C(O)CCN. The lowest BCUT2D eigenvalue weighted by Gasteiger charge is -2.18. The molecule has 0 bridgehead atoms. The van der Waals surface area contributed by atoms with E-state index in [1.165, 1.54) is 0 Å². The van der Waals surface area contributed by atoms with Crippen molar-refractivity contribution < 1.29 is 5.11 Å². The molecule has 1 unspecified atom stereocenters. The van der Waals surface area contributed by atoms with Gasteiger partial charge >= 0.3 is 0 Å². The first-order valence-electron chi connectivity index (χ1n) is 4.14. The molecule has 0 rings (SSSR count). The van der Waals surface area contributed by atoms with Crippen LogP contribution in [-0.2, 0) is 0 Å². The molecule has 0 aromatic heterocycles. The van der Waals surface area contributed by atoms with Crippen molar-refractivity contribution in [1.82, 2.24) is 0 Å². The van der Waals surface area contributed by atoms with Crippen molar-refractivity contribution in [2.45, 2.75) is 39.2 Å². The van der Waals surface area contributed by atoms with Gasteiger partial charge in [0.2, 0.25) is 0 Å². The Morgan fingerprint density at radius 2 is 1.80 bits per heavy atom. The van der Waals surface area contributed by atoms with Gasteiger partial charge in [-0.25, -0.2) is 0 Å². The number of aliphatic hydroxyl groups excluding tert-OH is 1. The Morgan fingerprint density at radius 3 is 2.10 bits per heavy atom. The molecule has 1 atom stereocenters. The minimum Gasteiger partial charge on any atom is -0.393 e. The lowest BCUT2D eigenvalue weighted by Crippen LogP contribution is -2.22. The van der Waals surface area contributed by atoms with Crippen molar-refractivity contribution in [3.63, 3.8) is 0 Å². The Hall–Kier alpha value is -0.0800. The average molecular weight is 145 g/mol. The van der Waals surface area contributed by atoms with Crippen LogP contribution in [0, 0.1) is 5.92 Å². The summed E-state index contributed by atoms with van der Waals surface area (Å²) < 4.78 is 0. The molecule has 0 spiro atoms. The van der Waals surface area contributed by atoms with Gasteiger partial charge in [0.1, 0.15) is 0 Å². The number of nitrogens with two attached hydrogens (primary N) is 1. The van der Waals surface area contributed by atoms with Gasteiger partial charge in [0, 0.05) is 0 Å². The lowest BCUT2D eigenvalue weighted by atomic mass is 9.94. The summed E-state index contributed by atoms with van der Waals surface area (Å²) >= 11 is 0. The topological polar surface area (TPSA) is 46.2 Å². The average Bonchev–Trinajstić information content (AvgIpc) is 1.91. The van der Waals surface area contributed by atoms with Crippen LogP contribution in [0.3, 0.4) is 0 Å². The minimum atomic E-state index is -0.181. The maximum Gasteiger partial charge on any atom is 0.0580 e. The van der Waals surface area contributed by atoms with Gasteiger partial charge in [-0.2, -0.15) is 0 Å². The largest absolute Gasteiger partial charge is 0.393 e. The molecule has 0 aliphatic rings. The summed E-state index contributed by atoms with van der Waals surface area (Å²) in [4.78, 5) is 0. The number of aliphatic hydroxyl groups is 1. The molecular weight excluding hydrogens is 126 g/mol. The second-order valence-electron chi connectivity index (χ2n) is 2.72. The highest BCUT2D eigenvalue weighted by molar-refractivity contribution is 4.65. The van der Waals surface area contributed by atoms with Gasteiger partial charge in [-0.05, 0) is 18.9 Å². The molecule has 0 aromatic rings. The van der Waals surface area contributed by atoms with E-state index in [1.807, 2.05) is 0 Å². The van der Waals surface area contributed by atoms with Gasteiger partial charge in [-0.15, -0.1) is 0 Å². The van der Waals surface area contributed by atoms with E-state index in [0.29, 0.717) is 12.5 Å². The monoisotopic (exact) mass is 145 g/mol. The zero-order valence-electron chi connectivity index (χ0n) is 7.01. The van der Waals surface area contributed by atoms with Crippen LogP contribution in [0.2, 0.25) is 0 Å². The normalized spacial score (nSPS) is 14.1. The maximum absolute atomic E-state index is 9.43. The number of rotatable bonds is 5. The zero-order chi connectivity index (χ0) is 7.98. The van der Waals surface area contributed by atoms with Crippen LogP contribution >= 0.6 is 0 Å². The van der Waals surface area contributed by atoms with Gasteiger partial charge < -0.3 is 10.8 Å². The Kier molecular flexibility index (Phi) is 5.64. The van der Waals surface area contributed by atoms with Crippen LogP contribution < -0.4 is 5.73 Å². The van der Waals surface area contributed by atoms with Gasteiger partial charge in [-0.3, -0.25) is 0 Å².